The molecule has 1 aliphatic rings. The van der Waals surface area contributed by atoms with Gasteiger partial charge in [-0.2, -0.15) is 0 Å². The molecule has 0 fully saturated rings. The molecule has 1 aromatic rings. The van der Waals surface area contributed by atoms with Crippen LogP contribution < -0.4 is 0 Å². The average Bonchev–Trinajstić information content (AvgIpc) is 1.92. The van der Waals surface area contributed by atoms with Crippen molar-refractivity contribution < 1.29 is 0 Å². The van der Waals surface area contributed by atoms with Crippen LogP contribution in [0, 0.1) is 0 Å². The Morgan fingerprint density at radius 2 is 2.60 bits per heavy atom. The molecule has 1 atom stereocenters. The van der Waals surface area contributed by atoms with Crippen LogP contribution in [0.3, 0.4) is 0 Å². The number of hydrogen-bond donors (Lipinski definition) is 0. The summed E-state index contributed by atoms with van der Waals surface area (Å²) in [5.41, 5.74) is 2.98. The normalized spacial score (nSPS) is 21.5. The van der Waals surface area contributed by atoms with E-state index < -0.39 is 0 Å². The maximum atomic E-state index is 4.09. The Labute approximate surface area is 61.1 Å². The zero-order valence-electron chi connectivity index (χ0n) is 6.17. The first-order valence-electron chi connectivity index (χ1n) is 3.84. The maximum Gasteiger partial charge on any atom is 0.0305 e. The van der Waals surface area contributed by atoms with E-state index in [1.807, 2.05) is 12.4 Å². The summed E-state index contributed by atoms with van der Waals surface area (Å²) in [5, 5.41) is 0. The van der Waals surface area contributed by atoms with Gasteiger partial charge in [0.2, 0.25) is 0 Å². The molecule has 0 radical (unpaired) electrons. The molecule has 1 heteroatoms. The van der Waals surface area contributed by atoms with E-state index in [2.05, 4.69) is 18.0 Å². The van der Waals surface area contributed by atoms with Gasteiger partial charge in [0.05, 0.1) is 0 Å². The second kappa shape index (κ2) is 2.08. The largest absolute Gasteiger partial charge is 0.264 e. The monoisotopic (exact) mass is 133 g/mol. The van der Waals surface area contributed by atoms with Crippen molar-refractivity contribution in [1.29, 1.82) is 0 Å². The lowest BCUT2D eigenvalue weighted by Crippen LogP contribution is -2.16. The third-order valence-electron chi connectivity index (χ3n) is 2.35. The van der Waals surface area contributed by atoms with E-state index in [1.54, 1.807) is 0 Å². The van der Waals surface area contributed by atoms with Crippen LogP contribution in [0.25, 0.3) is 0 Å². The molecule has 52 valence electrons. The summed E-state index contributed by atoms with van der Waals surface area (Å²) in [7, 11) is 0. The first-order chi connectivity index (χ1) is 4.92. The Morgan fingerprint density at radius 1 is 1.70 bits per heavy atom. The summed E-state index contributed by atoms with van der Waals surface area (Å²) in [6.45, 7) is 2.24. The van der Waals surface area contributed by atoms with Crippen LogP contribution >= 0.6 is 0 Å². The van der Waals surface area contributed by atoms with E-state index in [4.69, 9.17) is 0 Å². The van der Waals surface area contributed by atoms with Crippen LogP contribution in [0.4, 0.5) is 0 Å². The van der Waals surface area contributed by atoms with Gasteiger partial charge >= 0.3 is 0 Å². The van der Waals surface area contributed by atoms with Crippen LogP contribution in [-0.4, -0.2) is 4.98 Å². The van der Waals surface area contributed by atoms with E-state index >= 15 is 0 Å². The lowest BCUT2D eigenvalue weighted by atomic mass is 9.77. The van der Waals surface area contributed by atoms with E-state index in [1.165, 1.54) is 24.0 Å². The topological polar surface area (TPSA) is 12.9 Å². The van der Waals surface area contributed by atoms with Gasteiger partial charge < -0.3 is 0 Å². The van der Waals surface area contributed by atoms with Gasteiger partial charge in [-0.05, 0) is 36.0 Å². The number of rotatable bonds is 1. The highest BCUT2D eigenvalue weighted by molar-refractivity contribution is 5.37. The number of nitrogens with zero attached hydrogens (tertiary/aromatic N) is 1. The third kappa shape index (κ3) is 0.666. The van der Waals surface area contributed by atoms with Crippen LogP contribution in [0.2, 0.25) is 0 Å². The van der Waals surface area contributed by atoms with Gasteiger partial charge in [0, 0.05) is 12.4 Å². The minimum absolute atomic E-state index is 0.809. The Bertz CT molecular complexity index is 242. The van der Waals surface area contributed by atoms with E-state index in [9.17, 15) is 0 Å². The summed E-state index contributed by atoms with van der Waals surface area (Å²) in [5.74, 6) is 0.809. The molecule has 0 N–H and O–H groups in total. The Balaban J connectivity index is 2.34. The predicted molar refractivity (Wildman–Crippen MR) is 41.0 cm³/mol. The zero-order chi connectivity index (χ0) is 6.97. The molecule has 10 heavy (non-hydrogen) atoms. The highest BCUT2D eigenvalue weighted by Gasteiger charge is 2.23. The summed E-state index contributed by atoms with van der Waals surface area (Å²) in [6.07, 6.45) is 6.42. The predicted octanol–water partition coefficient (Wildman–Crippen LogP) is 2.13. The molecule has 0 amide bonds. The second-order valence-corrected chi connectivity index (χ2v) is 2.88. The number of fused-ring (bicyclic) bond motifs is 1. The average molecular weight is 133 g/mol. The smallest absolute Gasteiger partial charge is 0.0305 e. The van der Waals surface area contributed by atoms with Gasteiger partial charge in [0.1, 0.15) is 0 Å². The molecule has 0 aromatic carbocycles. The van der Waals surface area contributed by atoms with Crippen molar-refractivity contribution in [2.45, 2.75) is 25.7 Å². The van der Waals surface area contributed by atoms with Gasteiger partial charge in [-0.25, -0.2) is 0 Å². The minimum Gasteiger partial charge on any atom is -0.264 e. The third-order valence-corrected chi connectivity index (χ3v) is 2.35. The minimum atomic E-state index is 0.809. The summed E-state index contributed by atoms with van der Waals surface area (Å²) in [6, 6.07) is 2.13. The van der Waals surface area contributed by atoms with E-state index in [-0.39, 0.29) is 0 Å². The lowest BCUT2D eigenvalue weighted by Gasteiger charge is -2.28. The van der Waals surface area contributed by atoms with Crippen LogP contribution in [-0.2, 0) is 6.42 Å². The molecule has 0 aliphatic heterocycles. The molecule has 1 nitrogen and oxygen atoms in total. The number of hydrogen-bond acceptors (Lipinski definition) is 1. The van der Waals surface area contributed by atoms with Gasteiger partial charge in [0.25, 0.3) is 0 Å². The fourth-order valence-electron chi connectivity index (χ4n) is 1.60. The SMILES string of the molecule is CCC1Cc2ccncc21. The molecule has 0 bridgehead atoms. The highest BCUT2D eigenvalue weighted by Crippen LogP contribution is 2.35. The molecule has 1 heterocycles. The van der Waals surface area contributed by atoms with Crippen molar-refractivity contribution in [3.05, 3.63) is 29.6 Å². The van der Waals surface area contributed by atoms with Gasteiger partial charge in [-0.1, -0.05) is 6.92 Å². The standard InChI is InChI=1S/C9H11N/c1-2-7-5-8-3-4-10-6-9(7)8/h3-4,6-7H,2,5H2,1H3. The summed E-state index contributed by atoms with van der Waals surface area (Å²) >= 11 is 0. The molecule has 0 spiro atoms. The fourth-order valence-corrected chi connectivity index (χ4v) is 1.60. The van der Waals surface area contributed by atoms with Gasteiger partial charge in [0.15, 0.2) is 0 Å². The Hall–Kier alpha value is -0.850. The van der Waals surface area contributed by atoms with E-state index in [0.29, 0.717) is 0 Å². The Morgan fingerprint density at radius 3 is 3.30 bits per heavy atom. The molecule has 1 aliphatic carbocycles. The molecular formula is C9H11N. The van der Waals surface area contributed by atoms with Crippen molar-refractivity contribution in [3.63, 3.8) is 0 Å². The molecular weight excluding hydrogens is 122 g/mol. The Kier molecular flexibility index (Phi) is 1.23. The number of pyridine rings is 1. The van der Waals surface area contributed by atoms with Crippen LogP contribution in [0.5, 0.6) is 0 Å². The first-order valence-corrected chi connectivity index (χ1v) is 3.84. The van der Waals surface area contributed by atoms with Crippen molar-refractivity contribution in [3.8, 4) is 0 Å². The quantitative estimate of drug-likeness (QED) is 0.572. The lowest BCUT2D eigenvalue weighted by molar-refractivity contribution is 0.584. The van der Waals surface area contributed by atoms with Crippen molar-refractivity contribution >= 4 is 0 Å². The van der Waals surface area contributed by atoms with Gasteiger partial charge in [-0.15, -0.1) is 0 Å². The van der Waals surface area contributed by atoms with Crippen molar-refractivity contribution in [2.24, 2.45) is 0 Å². The van der Waals surface area contributed by atoms with Crippen LogP contribution in [0.1, 0.15) is 30.4 Å². The maximum absolute atomic E-state index is 4.09. The summed E-state index contributed by atoms with van der Waals surface area (Å²) in [4.78, 5) is 4.09. The number of aromatic nitrogens is 1. The van der Waals surface area contributed by atoms with Gasteiger partial charge in [-0.3, -0.25) is 4.98 Å². The first kappa shape index (κ1) is 5.90. The fraction of sp³-hybridized carbons (Fsp3) is 0.444. The van der Waals surface area contributed by atoms with Crippen LogP contribution in [0.15, 0.2) is 18.5 Å². The molecule has 0 saturated heterocycles. The van der Waals surface area contributed by atoms with Crippen molar-refractivity contribution in [2.75, 3.05) is 0 Å². The molecule has 2 rings (SSSR count). The highest BCUT2D eigenvalue weighted by atomic mass is 14.6. The summed E-state index contributed by atoms with van der Waals surface area (Å²) < 4.78 is 0. The second-order valence-electron chi connectivity index (χ2n) is 2.88. The molecule has 0 saturated carbocycles. The van der Waals surface area contributed by atoms with E-state index in [0.717, 1.165) is 5.92 Å². The molecule has 1 aromatic heterocycles. The zero-order valence-corrected chi connectivity index (χ0v) is 6.17. The molecule has 1 unspecified atom stereocenters. The van der Waals surface area contributed by atoms with Crippen molar-refractivity contribution in [1.82, 2.24) is 4.98 Å².